The van der Waals surface area contributed by atoms with E-state index in [9.17, 15) is 4.79 Å². The molecule has 76 valence electrons. The van der Waals surface area contributed by atoms with E-state index in [0.29, 0.717) is 5.92 Å². The molecule has 1 saturated heterocycles. The fraction of sp³-hybridized carbons (Fsp3) is 0.900. The number of nitrogens with zero attached hydrogens (tertiary/aromatic N) is 1. The van der Waals surface area contributed by atoms with Crippen LogP contribution in [0, 0.1) is 5.92 Å². The highest BCUT2D eigenvalue weighted by molar-refractivity contribution is 5.81. The molecule has 1 aliphatic rings. The van der Waals surface area contributed by atoms with Crippen LogP contribution < -0.4 is 0 Å². The van der Waals surface area contributed by atoms with Crippen LogP contribution in [-0.4, -0.2) is 43.0 Å². The largest absolute Gasteiger partial charge is 0.379 e. The Morgan fingerprint density at radius 3 is 2.23 bits per heavy atom. The second kappa shape index (κ2) is 4.72. The lowest BCUT2D eigenvalue weighted by Gasteiger charge is -2.35. The standard InChI is InChI=1S/C10H19NO2/c1-8(2)10(9(3)12)11-4-6-13-7-5-11/h8,10H,4-7H2,1-3H3. The predicted molar refractivity (Wildman–Crippen MR) is 51.7 cm³/mol. The Morgan fingerprint density at radius 2 is 1.85 bits per heavy atom. The highest BCUT2D eigenvalue weighted by Gasteiger charge is 2.26. The van der Waals surface area contributed by atoms with Crippen molar-refractivity contribution in [2.45, 2.75) is 26.8 Å². The minimum Gasteiger partial charge on any atom is -0.379 e. The molecule has 0 amide bonds. The van der Waals surface area contributed by atoms with E-state index in [1.807, 2.05) is 0 Å². The summed E-state index contributed by atoms with van der Waals surface area (Å²) in [5.41, 5.74) is 0. The van der Waals surface area contributed by atoms with Crippen LogP contribution in [0.15, 0.2) is 0 Å². The summed E-state index contributed by atoms with van der Waals surface area (Å²) < 4.78 is 5.26. The Hall–Kier alpha value is -0.410. The maximum Gasteiger partial charge on any atom is 0.147 e. The number of hydrogen-bond donors (Lipinski definition) is 0. The molecule has 0 saturated carbocycles. The SMILES string of the molecule is CC(=O)C(C(C)C)N1CCOCC1. The van der Waals surface area contributed by atoms with E-state index in [0.717, 1.165) is 26.3 Å². The van der Waals surface area contributed by atoms with Crippen molar-refractivity contribution < 1.29 is 9.53 Å². The van der Waals surface area contributed by atoms with E-state index in [4.69, 9.17) is 4.74 Å². The molecule has 1 unspecified atom stereocenters. The van der Waals surface area contributed by atoms with E-state index in [-0.39, 0.29) is 11.8 Å². The minimum atomic E-state index is 0.0869. The van der Waals surface area contributed by atoms with Crippen LogP contribution >= 0.6 is 0 Å². The first-order valence-electron chi connectivity index (χ1n) is 4.95. The number of ether oxygens (including phenoxy) is 1. The average Bonchev–Trinajstić information content (AvgIpc) is 2.04. The molecule has 0 aliphatic carbocycles. The van der Waals surface area contributed by atoms with Crippen molar-refractivity contribution in [3.05, 3.63) is 0 Å². The van der Waals surface area contributed by atoms with Gasteiger partial charge in [0.15, 0.2) is 0 Å². The zero-order valence-electron chi connectivity index (χ0n) is 8.75. The van der Waals surface area contributed by atoms with Crippen LogP contribution in [0.1, 0.15) is 20.8 Å². The Kier molecular flexibility index (Phi) is 3.88. The maximum atomic E-state index is 11.4. The normalized spacial score (nSPS) is 21.8. The van der Waals surface area contributed by atoms with Crippen molar-refractivity contribution in [1.29, 1.82) is 0 Å². The van der Waals surface area contributed by atoms with Crippen molar-refractivity contribution in [2.75, 3.05) is 26.3 Å². The zero-order chi connectivity index (χ0) is 9.84. The molecule has 1 aliphatic heterocycles. The number of ketones is 1. The molecule has 0 spiro atoms. The van der Waals surface area contributed by atoms with Crippen molar-refractivity contribution >= 4 is 5.78 Å². The summed E-state index contributed by atoms with van der Waals surface area (Å²) in [6, 6.07) is 0.0869. The lowest BCUT2D eigenvalue weighted by molar-refractivity contribution is -0.125. The first-order valence-corrected chi connectivity index (χ1v) is 4.95. The van der Waals surface area contributed by atoms with Gasteiger partial charge in [-0.15, -0.1) is 0 Å². The Bertz CT molecular complexity index is 174. The molecule has 0 aromatic rings. The van der Waals surface area contributed by atoms with Gasteiger partial charge in [-0.25, -0.2) is 0 Å². The van der Waals surface area contributed by atoms with Crippen molar-refractivity contribution in [1.82, 2.24) is 4.90 Å². The van der Waals surface area contributed by atoms with Gasteiger partial charge in [0.25, 0.3) is 0 Å². The van der Waals surface area contributed by atoms with Crippen LogP contribution in [-0.2, 0) is 9.53 Å². The van der Waals surface area contributed by atoms with E-state index in [1.165, 1.54) is 0 Å². The Labute approximate surface area is 80.1 Å². The number of rotatable bonds is 3. The lowest BCUT2D eigenvalue weighted by atomic mass is 9.98. The van der Waals surface area contributed by atoms with E-state index >= 15 is 0 Å². The maximum absolute atomic E-state index is 11.4. The molecule has 0 bridgehead atoms. The van der Waals surface area contributed by atoms with Crippen molar-refractivity contribution in [2.24, 2.45) is 5.92 Å². The summed E-state index contributed by atoms with van der Waals surface area (Å²) in [7, 11) is 0. The fourth-order valence-electron chi connectivity index (χ4n) is 2.00. The highest BCUT2D eigenvalue weighted by Crippen LogP contribution is 2.13. The first kappa shape index (κ1) is 10.7. The fourth-order valence-corrected chi connectivity index (χ4v) is 2.00. The number of carbonyl (C=O) groups excluding carboxylic acids is 1. The zero-order valence-corrected chi connectivity index (χ0v) is 8.75. The molecule has 1 atom stereocenters. The smallest absolute Gasteiger partial charge is 0.147 e. The van der Waals surface area contributed by atoms with E-state index in [2.05, 4.69) is 18.7 Å². The van der Waals surface area contributed by atoms with Gasteiger partial charge in [0, 0.05) is 13.1 Å². The third-order valence-corrected chi connectivity index (χ3v) is 2.49. The molecule has 1 heterocycles. The van der Waals surface area contributed by atoms with Crippen molar-refractivity contribution in [3.63, 3.8) is 0 Å². The Balaban J connectivity index is 2.57. The number of carbonyl (C=O) groups is 1. The molecule has 0 aromatic carbocycles. The summed E-state index contributed by atoms with van der Waals surface area (Å²) in [6.45, 7) is 9.18. The number of hydrogen-bond acceptors (Lipinski definition) is 3. The lowest BCUT2D eigenvalue weighted by Crippen LogP contribution is -2.49. The molecule has 3 nitrogen and oxygen atoms in total. The molecular weight excluding hydrogens is 166 g/mol. The van der Waals surface area contributed by atoms with Gasteiger partial charge >= 0.3 is 0 Å². The molecular formula is C10H19NO2. The van der Waals surface area contributed by atoms with Crippen molar-refractivity contribution in [3.8, 4) is 0 Å². The van der Waals surface area contributed by atoms with Gasteiger partial charge in [-0.05, 0) is 12.8 Å². The molecule has 1 fully saturated rings. The quantitative estimate of drug-likeness (QED) is 0.655. The van der Waals surface area contributed by atoms with E-state index in [1.54, 1.807) is 6.92 Å². The summed E-state index contributed by atoms with van der Waals surface area (Å²) in [6.07, 6.45) is 0. The Morgan fingerprint density at radius 1 is 1.31 bits per heavy atom. The van der Waals surface area contributed by atoms with Gasteiger partial charge in [-0.2, -0.15) is 0 Å². The van der Waals surface area contributed by atoms with Gasteiger partial charge in [-0.1, -0.05) is 13.8 Å². The van der Waals surface area contributed by atoms with Crippen LogP contribution in [0.5, 0.6) is 0 Å². The van der Waals surface area contributed by atoms with Gasteiger partial charge in [0.2, 0.25) is 0 Å². The molecule has 0 N–H and O–H groups in total. The topological polar surface area (TPSA) is 29.5 Å². The first-order chi connectivity index (χ1) is 6.13. The second-order valence-electron chi connectivity index (χ2n) is 3.95. The molecule has 0 aromatic heterocycles. The summed E-state index contributed by atoms with van der Waals surface area (Å²) >= 11 is 0. The van der Waals surface area contributed by atoms with Gasteiger partial charge in [-0.3, -0.25) is 9.69 Å². The third-order valence-electron chi connectivity index (χ3n) is 2.49. The van der Waals surface area contributed by atoms with Crippen LogP contribution in [0.4, 0.5) is 0 Å². The van der Waals surface area contributed by atoms with Crippen LogP contribution in [0.3, 0.4) is 0 Å². The molecule has 13 heavy (non-hydrogen) atoms. The summed E-state index contributed by atoms with van der Waals surface area (Å²) in [5.74, 6) is 0.674. The molecule has 1 rings (SSSR count). The molecule has 3 heteroatoms. The van der Waals surface area contributed by atoms with Gasteiger partial charge < -0.3 is 4.74 Å². The summed E-state index contributed by atoms with van der Waals surface area (Å²) in [5, 5.41) is 0. The minimum absolute atomic E-state index is 0.0869. The number of morpholine rings is 1. The highest BCUT2D eigenvalue weighted by atomic mass is 16.5. The monoisotopic (exact) mass is 185 g/mol. The molecule has 0 radical (unpaired) electrons. The second-order valence-corrected chi connectivity index (χ2v) is 3.95. The van der Waals surface area contributed by atoms with Gasteiger partial charge in [0.05, 0.1) is 19.3 Å². The van der Waals surface area contributed by atoms with E-state index < -0.39 is 0 Å². The summed E-state index contributed by atoms with van der Waals surface area (Å²) in [4.78, 5) is 13.6. The van der Waals surface area contributed by atoms with Gasteiger partial charge in [0.1, 0.15) is 5.78 Å². The average molecular weight is 185 g/mol. The third kappa shape index (κ3) is 2.78. The predicted octanol–water partition coefficient (Wildman–Crippen LogP) is 0.932. The van der Waals surface area contributed by atoms with Crippen LogP contribution in [0.2, 0.25) is 0 Å². The van der Waals surface area contributed by atoms with Crippen LogP contribution in [0.25, 0.3) is 0 Å². The number of Topliss-reactive ketones (excluding diaryl/α,β-unsaturated/α-hetero) is 1.